The molecule has 0 aliphatic carbocycles. The van der Waals surface area contributed by atoms with Crippen LogP contribution in [-0.4, -0.2) is 29.0 Å². The lowest BCUT2D eigenvalue weighted by Gasteiger charge is -2.30. The summed E-state index contributed by atoms with van der Waals surface area (Å²) in [7, 11) is 0. The van der Waals surface area contributed by atoms with E-state index in [2.05, 4.69) is 27.7 Å². The first-order valence-electron chi connectivity index (χ1n) is 11.6. The summed E-state index contributed by atoms with van der Waals surface area (Å²) < 4.78 is 0. The minimum atomic E-state index is -0.868. The van der Waals surface area contributed by atoms with E-state index >= 15 is 0 Å². The highest BCUT2D eigenvalue weighted by molar-refractivity contribution is 7.80. The lowest BCUT2D eigenvalue weighted by atomic mass is 9.75. The van der Waals surface area contributed by atoms with Crippen LogP contribution in [0.15, 0.2) is 84.9 Å². The molecule has 1 aliphatic rings. The van der Waals surface area contributed by atoms with Crippen LogP contribution in [-0.2, 0) is 16.8 Å². The molecule has 0 bridgehead atoms. The number of amides is 1. The lowest BCUT2D eigenvalue weighted by Crippen LogP contribution is -2.47. The molecule has 0 saturated carbocycles. The van der Waals surface area contributed by atoms with Gasteiger partial charge in [-0.15, -0.1) is 0 Å². The fourth-order valence-electron chi connectivity index (χ4n) is 4.43. The van der Waals surface area contributed by atoms with Crippen LogP contribution in [0.2, 0.25) is 0 Å². The minimum absolute atomic E-state index is 0.167. The van der Waals surface area contributed by atoms with E-state index in [1.165, 1.54) is 37.9 Å². The molecule has 1 saturated heterocycles. The highest BCUT2D eigenvalue weighted by atomic mass is 32.1. The van der Waals surface area contributed by atoms with E-state index in [1.54, 1.807) is 0 Å². The molecule has 170 valence electrons. The Labute approximate surface area is 202 Å². The summed E-state index contributed by atoms with van der Waals surface area (Å²) in [4.78, 5) is 16.0. The largest absolute Gasteiger partial charge is 0.332 e. The van der Waals surface area contributed by atoms with E-state index < -0.39 is 5.41 Å². The first kappa shape index (κ1) is 23.1. The van der Waals surface area contributed by atoms with Crippen LogP contribution in [0.3, 0.4) is 0 Å². The molecule has 1 heterocycles. The maximum atomic E-state index is 13.5. The molecule has 4 nitrogen and oxygen atoms in total. The van der Waals surface area contributed by atoms with Gasteiger partial charge >= 0.3 is 0 Å². The first-order chi connectivity index (χ1) is 16.1. The van der Waals surface area contributed by atoms with Crippen LogP contribution in [0.5, 0.6) is 0 Å². The van der Waals surface area contributed by atoms with Crippen LogP contribution >= 0.6 is 12.2 Å². The maximum Gasteiger partial charge on any atom is 0.240 e. The molecule has 33 heavy (non-hydrogen) atoms. The van der Waals surface area contributed by atoms with Gasteiger partial charge in [0.05, 0.1) is 5.41 Å². The van der Waals surface area contributed by atoms with Crippen molar-refractivity contribution in [3.63, 3.8) is 0 Å². The Morgan fingerprint density at radius 2 is 1.39 bits per heavy atom. The lowest BCUT2D eigenvalue weighted by molar-refractivity contribution is -0.123. The number of piperidine rings is 1. The Hall–Kier alpha value is -3.02. The number of carbonyl (C=O) groups is 1. The highest BCUT2D eigenvalue weighted by Gasteiger charge is 2.37. The molecule has 0 radical (unpaired) electrons. The van der Waals surface area contributed by atoms with Gasteiger partial charge in [-0.2, -0.15) is 0 Å². The first-order valence-corrected chi connectivity index (χ1v) is 12.0. The summed E-state index contributed by atoms with van der Waals surface area (Å²) in [5, 5.41) is 6.38. The van der Waals surface area contributed by atoms with Crippen molar-refractivity contribution < 1.29 is 4.79 Å². The quantitative estimate of drug-likeness (QED) is 0.480. The van der Waals surface area contributed by atoms with E-state index in [0.29, 0.717) is 5.11 Å². The second kappa shape index (κ2) is 10.7. The Morgan fingerprint density at radius 1 is 0.848 bits per heavy atom. The summed E-state index contributed by atoms with van der Waals surface area (Å²) >= 11 is 5.49. The van der Waals surface area contributed by atoms with Crippen LogP contribution in [0.1, 0.15) is 42.9 Å². The van der Waals surface area contributed by atoms with Crippen molar-refractivity contribution >= 4 is 28.9 Å². The number of nitrogens with zero attached hydrogens (tertiary/aromatic N) is 1. The minimum Gasteiger partial charge on any atom is -0.332 e. The summed E-state index contributed by atoms with van der Waals surface area (Å²) in [6.45, 7) is 5.27. The number of anilines is 1. The van der Waals surface area contributed by atoms with Gasteiger partial charge in [0.15, 0.2) is 5.11 Å². The number of carbonyl (C=O) groups excluding carboxylic acids is 1. The van der Waals surface area contributed by atoms with Crippen molar-refractivity contribution in [2.45, 2.75) is 38.1 Å². The SMILES string of the molecule is CC(C(=O)NC(=S)Nc1ccc(CN2CCCCC2)cc1)(c1ccccc1)c1ccccc1. The third-order valence-electron chi connectivity index (χ3n) is 6.45. The molecular formula is C28H31N3OS. The van der Waals surface area contributed by atoms with E-state index in [4.69, 9.17) is 12.2 Å². The predicted octanol–water partition coefficient (Wildman–Crippen LogP) is 5.49. The number of nitrogens with one attached hydrogen (secondary N) is 2. The van der Waals surface area contributed by atoms with Crippen LogP contribution in [0, 0.1) is 0 Å². The molecule has 0 aromatic heterocycles. The molecule has 5 heteroatoms. The number of likely N-dealkylation sites (tertiary alicyclic amines) is 1. The average Bonchev–Trinajstić information content (AvgIpc) is 2.86. The normalized spacial score (nSPS) is 14.5. The number of hydrogen-bond donors (Lipinski definition) is 2. The molecule has 1 aliphatic heterocycles. The average molecular weight is 458 g/mol. The van der Waals surface area contributed by atoms with E-state index in [0.717, 1.165) is 23.4 Å². The van der Waals surface area contributed by atoms with Crippen LogP contribution in [0.4, 0.5) is 5.69 Å². The van der Waals surface area contributed by atoms with E-state index in [9.17, 15) is 4.79 Å². The molecule has 0 atom stereocenters. The molecule has 3 aromatic carbocycles. The Kier molecular flexibility index (Phi) is 7.53. The fourth-order valence-corrected chi connectivity index (χ4v) is 4.64. The summed E-state index contributed by atoms with van der Waals surface area (Å²) in [6.07, 6.45) is 3.92. The molecule has 3 aromatic rings. The van der Waals surface area contributed by atoms with Crippen LogP contribution < -0.4 is 10.6 Å². The van der Waals surface area contributed by atoms with Gasteiger partial charge < -0.3 is 10.6 Å². The van der Waals surface area contributed by atoms with Gasteiger partial charge in [-0.05, 0) is 73.9 Å². The zero-order valence-corrected chi connectivity index (χ0v) is 19.9. The predicted molar refractivity (Wildman–Crippen MR) is 139 cm³/mol. The molecule has 0 spiro atoms. The smallest absolute Gasteiger partial charge is 0.240 e. The molecule has 0 unspecified atom stereocenters. The van der Waals surface area contributed by atoms with Crippen molar-refractivity contribution in [3.8, 4) is 0 Å². The molecule has 2 N–H and O–H groups in total. The molecule has 4 rings (SSSR count). The molecular weight excluding hydrogens is 426 g/mol. The monoisotopic (exact) mass is 457 g/mol. The van der Waals surface area contributed by atoms with Crippen LogP contribution in [0.25, 0.3) is 0 Å². The molecule has 1 fully saturated rings. The third-order valence-corrected chi connectivity index (χ3v) is 6.65. The van der Waals surface area contributed by atoms with Crippen molar-refractivity contribution in [2.75, 3.05) is 18.4 Å². The summed E-state index contributed by atoms with van der Waals surface area (Å²) in [6, 6.07) is 27.9. The van der Waals surface area contributed by atoms with Gasteiger partial charge in [-0.1, -0.05) is 79.2 Å². The van der Waals surface area contributed by atoms with Gasteiger partial charge in [0.1, 0.15) is 0 Å². The van der Waals surface area contributed by atoms with Crippen molar-refractivity contribution in [2.24, 2.45) is 0 Å². The second-order valence-corrected chi connectivity index (χ2v) is 9.21. The van der Waals surface area contributed by atoms with Crippen molar-refractivity contribution in [1.29, 1.82) is 0 Å². The third kappa shape index (κ3) is 5.67. The Bertz CT molecular complexity index is 1020. The van der Waals surface area contributed by atoms with Gasteiger partial charge in [-0.25, -0.2) is 0 Å². The van der Waals surface area contributed by atoms with Crippen molar-refractivity contribution in [3.05, 3.63) is 102 Å². The number of rotatable bonds is 6. The topological polar surface area (TPSA) is 44.4 Å². The maximum absolute atomic E-state index is 13.5. The second-order valence-electron chi connectivity index (χ2n) is 8.80. The standard InChI is InChI=1S/C28H31N3OS/c1-28(23-11-5-2-6-12-23,24-13-7-3-8-14-24)26(32)30-27(33)29-25-17-15-22(16-18-25)21-31-19-9-4-10-20-31/h2-3,5-8,11-18H,4,9-10,19-21H2,1H3,(H2,29,30,32,33). The van der Waals surface area contributed by atoms with Gasteiger partial charge in [0.25, 0.3) is 0 Å². The van der Waals surface area contributed by atoms with Gasteiger partial charge in [-0.3, -0.25) is 9.69 Å². The van der Waals surface area contributed by atoms with Gasteiger partial charge in [0.2, 0.25) is 5.91 Å². The number of benzene rings is 3. The fraction of sp³-hybridized carbons (Fsp3) is 0.286. The zero-order valence-electron chi connectivity index (χ0n) is 19.1. The van der Waals surface area contributed by atoms with E-state index in [-0.39, 0.29) is 5.91 Å². The van der Waals surface area contributed by atoms with Gasteiger partial charge in [0, 0.05) is 12.2 Å². The Morgan fingerprint density at radius 3 is 1.94 bits per heavy atom. The summed E-state index contributed by atoms with van der Waals surface area (Å²) in [5.41, 5.74) is 3.12. The highest BCUT2D eigenvalue weighted by Crippen LogP contribution is 2.32. The Balaban J connectivity index is 1.43. The molecule has 1 amide bonds. The number of thiocarbonyl (C=S) groups is 1. The summed E-state index contributed by atoms with van der Waals surface area (Å²) in [5.74, 6) is -0.167. The zero-order chi connectivity index (χ0) is 23.1. The number of hydrogen-bond acceptors (Lipinski definition) is 3. The van der Waals surface area contributed by atoms with Crippen molar-refractivity contribution in [1.82, 2.24) is 10.2 Å². The van der Waals surface area contributed by atoms with E-state index in [1.807, 2.05) is 79.7 Å².